The van der Waals surface area contributed by atoms with Gasteiger partial charge in [-0.2, -0.15) is 0 Å². The molecule has 1 aromatic carbocycles. The average Bonchev–Trinajstić information content (AvgIpc) is 2.36. The van der Waals surface area contributed by atoms with Crippen LogP contribution in [0.5, 0.6) is 0 Å². The van der Waals surface area contributed by atoms with Crippen LogP contribution in [0.4, 0.5) is 0 Å². The number of sulfonamides is 1. The van der Waals surface area contributed by atoms with Gasteiger partial charge in [0.25, 0.3) is 0 Å². The van der Waals surface area contributed by atoms with Gasteiger partial charge in [0.05, 0.1) is 16.2 Å². The highest BCUT2D eigenvalue weighted by Gasteiger charge is 2.25. The molecule has 0 radical (unpaired) electrons. The third-order valence-corrected chi connectivity index (χ3v) is 4.78. The monoisotopic (exact) mass is 335 g/mol. The minimum Gasteiger partial charge on any atom is -0.478 e. The fraction of sp³-hybridized carbons (Fsp3) is 0.462. The van der Waals surface area contributed by atoms with Gasteiger partial charge >= 0.3 is 5.97 Å². The van der Waals surface area contributed by atoms with Crippen LogP contribution >= 0.6 is 11.6 Å². The first-order valence-electron chi connectivity index (χ1n) is 6.34. The zero-order valence-electron chi connectivity index (χ0n) is 11.8. The van der Waals surface area contributed by atoms with E-state index in [1.54, 1.807) is 0 Å². The number of carboxylic acids is 1. The van der Waals surface area contributed by atoms with Crippen molar-refractivity contribution in [3.8, 4) is 0 Å². The summed E-state index contributed by atoms with van der Waals surface area (Å²) in [6.45, 7) is 3.21. The molecule has 0 spiro atoms. The summed E-state index contributed by atoms with van der Waals surface area (Å²) in [6, 6.07) is 3.42. The van der Waals surface area contributed by atoms with E-state index in [1.165, 1.54) is 19.1 Å². The molecule has 0 aliphatic heterocycles. The number of hydrogen-bond acceptors (Lipinski definition) is 4. The number of aromatic carboxylic acids is 1. The van der Waals surface area contributed by atoms with Gasteiger partial charge in [-0.05, 0) is 31.5 Å². The van der Waals surface area contributed by atoms with Crippen molar-refractivity contribution in [2.45, 2.75) is 37.2 Å². The summed E-state index contributed by atoms with van der Waals surface area (Å²) in [5.41, 5.74) is -1.36. The van der Waals surface area contributed by atoms with Crippen LogP contribution in [0.15, 0.2) is 23.1 Å². The second-order valence-corrected chi connectivity index (χ2v) is 7.16. The standard InChI is InChI=1S/C13H18ClNO5S/c1-3-6-13(2,18)8-15-21(19,20)11-7-9(12(16)17)4-5-10(11)14/h4-5,7,15,18H,3,6,8H2,1-2H3,(H,16,17). The maximum absolute atomic E-state index is 12.2. The van der Waals surface area contributed by atoms with Crippen molar-refractivity contribution in [2.75, 3.05) is 6.54 Å². The summed E-state index contributed by atoms with van der Waals surface area (Å²) in [5, 5.41) is 18.8. The normalized spacial score (nSPS) is 14.7. The summed E-state index contributed by atoms with van der Waals surface area (Å²) >= 11 is 5.82. The van der Waals surface area contributed by atoms with E-state index in [2.05, 4.69) is 4.72 Å². The molecule has 0 aliphatic carbocycles. The lowest BCUT2D eigenvalue weighted by Gasteiger charge is -2.23. The van der Waals surface area contributed by atoms with Crippen LogP contribution in [0, 0.1) is 0 Å². The van der Waals surface area contributed by atoms with Gasteiger partial charge in [0.1, 0.15) is 4.90 Å². The highest BCUT2D eigenvalue weighted by atomic mass is 35.5. The number of carbonyl (C=O) groups is 1. The quantitative estimate of drug-likeness (QED) is 0.705. The van der Waals surface area contributed by atoms with Crippen molar-refractivity contribution in [1.29, 1.82) is 0 Å². The number of hydrogen-bond donors (Lipinski definition) is 3. The summed E-state index contributed by atoms with van der Waals surface area (Å²) in [6.07, 6.45) is 1.13. The molecule has 0 aromatic heterocycles. The number of halogens is 1. The molecular formula is C13H18ClNO5S. The van der Waals surface area contributed by atoms with E-state index < -0.39 is 21.6 Å². The van der Waals surface area contributed by atoms with Gasteiger partial charge in [0.2, 0.25) is 10.0 Å². The molecule has 0 saturated carbocycles. The predicted molar refractivity (Wildman–Crippen MR) is 79.1 cm³/mol. The van der Waals surface area contributed by atoms with Crippen LogP contribution < -0.4 is 4.72 Å². The van der Waals surface area contributed by atoms with E-state index in [0.29, 0.717) is 12.8 Å². The molecule has 0 heterocycles. The molecule has 3 N–H and O–H groups in total. The molecule has 1 atom stereocenters. The number of carboxylic acid groups (broad SMARTS) is 1. The van der Waals surface area contributed by atoms with Gasteiger partial charge < -0.3 is 10.2 Å². The van der Waals surface area contributed by atoms with Gasteiger partial charge in [-0.25, -0.2) is 17.9 Å². The smallest absolute Gasteiger partial charge is 0.335 e. The predicted octanol–water partition coefficient (Wildman–Crippen LogP) is 1.87. The fourth-order valence-electron chi connectivity index (χ4n) is 1.80. The third kappa shape index (κ3) is 4.96. The van der Waals surface area contributed by atoms with E-state index in [9.17, 15) is 18.3 Å². The summed E-state index contributed by atoms with van der Waals surface area (Å²) in [4.78, 5) is 10.6. The van der Waals surface area contributed by atoms with E-state index >= 15 is 0 Å². The van der Waals surface area contributed by atoms with E-state index in [1.807, 2.05) is 6.92 Å². The molecule has 8 heteroatoms. The zero-order valence-corrected chi connectivity index (χ0v) is 13.3. The molecule has 6 nitrogen and oxygen atoms in total. The van der Waals surface area contributed by atoms with Crippen LogP contribution in [0.25, 0.3) is 0 Å². The Morgan fingerprint density at radius 2 is 2.05 bits per heavy atom. The van der Waals surface area contributed by atoms with Gasteiger partial charge in [-0.3, -0.25) is 0 Å². The summed E-state index contributed by atoms with van der Waals surface area (Å²) in [7, 11) is -4.00. The first kappa shape index (κ1) is 17.9. The molecule has 1 rings (SSSR count). The minimum atomic E-state index is -4.00. The molecule has 0 saturated heterocycles. The number of benzene rings is 1. The van der Waals surface area contributed by atoms with Crippen molar-refractivity contribution >= 4 is 27.6 Å². The first-order chi connectivity index (χ1) is 9.59. The molecule has 1 unspecified atom stereocenters. The molecule has 0 amide bonds. The second-order valence-electron chi connectivity index (χ2n) is 5.02. The minimum absolute atomic E-state index is 0.0809. The number of rotatable bonds is 7. The highest BCUT2D eigenvalue weighted by molar-refractivity contribution is 7.89. The van der Waals surface area contributed by atoms with Crippen molar-refractivity contribution in [2.24, 2.45) is 0 Å². The largest absolute Gasteiger partial charge is 0.478 e. The SMILES string of the molecule is CCCC(C)(O)CNS(=O)(=O)c1cc(C(=O)O)ccc1Cl. The van der Waals surface area contributed by atoms with Gasteiger partial charge in [-0.1, -0.05) is 24.9 Å². The fourth-order valence-corrected chi connectivity index (χ4v) is 3.48. The van der Waals surface area contributed by atoms with Crippen LogP contribution in [0.2, 0.25) is 5.02 Å². The van der Waals surface area contributed by atoms with Crippen molar-refractivity contribution in [3.63, 3.8) is 0 Å². The Labute approximate surface area is 128 Å². The van der Waals surface area contributed by atoms with E-state index in [-0.39, 0.29) is 22.0 Å². The summed E-state index contributed by atoms with van der Waals surface area (Å²) < 4.78 is 26.6. The van der Waals surface area contributed by atoms with E-state index in [0.717, 1.165) is 6.07 Å². The van der Waals surface area contributed by atoms with Crippen LogP contribution in [0.3, 0.4) is 0 Å². The lowest BCUT2D eigenvalue weighted by molar-refractivity contribution is 0.0554. The maximum atomic E-state index is 12.2. The maximum Gasteiger partial charge on any atom is 0.335 e. The Balaban J connectivity index is 3.03. The first-order valence-corrected chi connectivity index (χ1v) is 8.20. The molecule has 0 bridgehead atoms. The average molecular weight is 336 g/mol. The molecule has 0 aliphatic rings. The Kier molecular flexibility index (Phi) is 5.75. The van der Waals surface area contributed by atoms with Crippen molar-refractivity contribution < 1.29 is 23.4 Å². The Morgan fingerprint density at radius 3 is 2.57 bits per heavy atom. The molecule has 1 aromatic rings. The van der Waals surface area contributed by atoms with E-state index in [4.69, 9.17) is 16.7 Å². The lowest BCUT2D eigenvalue weighted by atomic mass is 10.0. The molecular weight excluding hydrogens is 318 g/mol. The van der Waals surface area contributed by atoms with Crippen molar-refractivity contribution in [3.05, 3.63) is 28.8 Å². The lowest BCUT2D eigenvalue weighted by Crippen LogP contribution is -2.40. The Hall–Kier alpha value is -1.15. The highest BCUT2D eigenvalue weighted by Crippen LogP contribution is 2.23. The van der Waals surface area contributed by atoms with Gasteiger partial charge in [-0.15, -0.1) is 0 Å². The number of nitrogens with one attached hydrogen (secondary N) is 1. The third-order valence-electron chi connectivity index (χ3n) is 2.90. The van der Waals surface area contributed by atoms with Gasteiger partial charge in [0, 0.05) is 6.54 Å². The van der Waals surface area contributed by atoms with Crippen LogP contribution in [0.1, 0.15) is 37.0 Å². The molecule has 118 valence electrons. The Morgan fingerprint density at radius 1 is 1.43 bits per heavy atom. The van der Waals surface area contributed by atoms with Crippen LogP contribution in [-0.2, 0) is 10.0 Å². The zero-order chi connectivity index (χ0) is 16.3. The Bertz CT molecular complexity index is 627. The second kappa shape index (κ2) is 6.74. The van der Waals surface area contributed by atoms with Crippen molar-refractivity contribution in [1.82, 2.24) is 4.72 Å². The number of aliphatic hydroxyl groups is 1. The summed E-state index contributed by atoms with van der Waals surface area (Å²) in [5.74, 6) is -1.25. The van der Waals surface area contributed by atoms with Crippen LogP contribution in [-0.4, -0.2) is 36.7 Å². The topological polar surface area (TPSA) is 104 Å². The molecule has 21 heavy (non-hydrogen) atoms. The molecule has 0 fully saturated rings. The van der Waals surface area contributed by atoms with Gasteiger partial charge in [0.15, 0.2) is 0 Å².